The van der Waals surface area contributed by atoms with Gasteiger partial charge in [-0.25, -0.2) is 0 Å². The van der Waals surface area contributed by atoms with Gasteiger partial charge < -0.3 is 19.4 Å². The fraction of sp³-hybridized carbons (Fsp3) is 0.381. The Balaban J connectivity index is 1.33. The number of carbonyl (C=O) groups is 3. The van der Waals surface area contributed by atoms with E-state index in [9.17, 15) is 14.4 Å². The molecule has 29 heavy (non-hydrogen) atoms. The minimum atomic E-state index is -0.631. The molecule has 2 aromatic rings. The van der Waals surface area contributed by atoms with Crippen LogP contribution in [0.15, 0.2) is 47.1 Å². The quantitative estimate of drug-likeness (QED) is 0.850. The fourth-order valence-electron chi connectivity index (χ4n) is 3.72. The predicted molar refractivity (Wildman–Crippen MR) is 105 cm³/mol. The number of nitrogens with zero attached hydrogens (tertiary/aromatic N) is 2. The molecule has 0 bridgehead atoms. The molecule has 2 aliphatic rings. The number of hydrogen-bond donors (Lipinski definition) is 1. The molecule has 0 saturated carbocycles. The average Bonchev–Trinajstić information content (AvgIpc) is 3.26. The molecule has 0 radical (unpaired) electrons. The third kappa shape index (κ3) is 3.96. The standard InChI is InChI=1S/C21H23N3O5/c1-14-20(26)24(16-5-2-3-6-17(16)29-14)13-19(25)22-15-8-10-23(11-9-15)21(27)18-7-4-12-28-18/h2-7,12,14-15H,8-11,13H2,1H3,(H,22,25). The topological polar surface area (TPSA) is 92.1 Å². The van der Waals surface area contributed by atoms with Crippen molar-refractivity contribution in [1.82, 2.24) is 10.2 Å². The molecule has 1 unspecified atom stereocenters. The van der Waals surface area contributed by atoms with Crippen LogP contribution in [0.1, 0.15) is 30.3 Å². The largest absolute Gasteiger partial charge is 0.479 e. The smallest absolute Gasteiger partial charge is 0.289 e. The Morgan fingerprint density at radius 3 is 2.62 bits per heavy atom. The van der Waals surface area contributed by atoms with Gasteiger partial charge in [0, 0.05) is 19.1 Å². The van der Waals surface area contributed by atoms with E-state index < -0.39 is 6.10 Å². The summed E-state index contributed by atoms with van der Waals surface area (Å²) < 4.78 is 10.8. The third-order valence-electron chi connectivity index (χ3n) is 5.25. The van der Waals surface area contributed by atoms with E-state index in [4.69, 9.17) is 9.15 Å². The highest BCUT2D eigenvalue weighted by Gasteiger charge is 2.33. The van der Waals surface area contributed by atoms with Crippen LogP contribution >= 0.6 is 0 Å². The van der Waals surface area contributed by atoms with Crippen LogP contribution in [0.4, 0.5) is 5.69 Å². The second-order valence-electron chi connectivity index (χ2n) is 7.26. The van der Waals surface area contributed by atoms with Crippen LogP contribution in [0.3, 0.4) is 0 Å². The van der Waals surface area contributed by atoms with Crippen LogP contribution in [0, 0.1) is 0 Å². The van der Waals surface area contributed by atoms with Gasteiger partial charge in [-0.1, -0.05) is 12.1 Å². The lowest BCUT2D eigenvalue weighted by Crippen LogP contribution is -2.52. The van der Waals surface area contributed by atoms with Crippen molar-refractivity contribution in [2.24, 2.45) is 0 Å². The molecule has 3 heterocycles. The zero-order valence-corrected chi connectivity index (χ0v) is 16.2. The van der Waals surface area contributed by atoms with Gasteiger partial charge in [-0.15, -0.1) is 0 Å². The minimum Gasteiger partial charge on any atom is -0.479 e. The first kappa shape index (κ1) is 19.0. The molecule has 1 aromatic carbocycles. The SMILES string of the molecule is CC1Oc2ccccc2N(CC(=O)NC2CCN(C(=O)c3ccco3)CC2)C1=O. The van der Waals surface area contributed by atoms with Crippen LogP contribution in [-0.2, 0) is 9.59 Å². The normalized spacial score (nSPS) is 19.5. The first-order valence-corrected chi connectivity index (χ1v) is 9.72. The Labute approximate surface area is 168 Å². The Morgan fingerprint density at radius 2 is 1.90 bits per heavy atom. The first-order chi connectivity index (χ1) is 14.0. The summed E-state index contributed by atoms with van der Waals surface area (Å²) in [4.78, 5) is 40.6. The number of furan rings is 1. The lowest BCUT2D eigenvalue weighted by Gasteiger charge is -2.34. The number of amides is 3. The highest BCUT2D eigenvalue weighted by molar-refractivity contribution is 6.03. The van der Waals surface area contributed by atoms with E-state index in [0.717, 1.165) is 0 Å². The molecular formula is C21H23N3O5. The Morgan fingerprint density at radius 1 is 1.14 bits per heavy atom. The molecular weight excluding hydrogens is 374 g/mol. The maximum atomic E-state index is 12.6. The fourth-order valence-corrected chi connectivity index (χ4v) is 3.72. The van der Waals surface area contributed by atoms with Gasteiger partial charge in [-0.05, 0) is 44.0 Å². The van der Waals surface area contributed by atoms with Crippen molar-refractivity contribution in [2.75, 3.05) is 24.5 Å². The van der Waals surface area contributed by atoms with Gasteiger partial charge in [0.1, 0.15) is 12.3 Å². The van der Waals surface area contributed by atoms with E-state index in [1.165, 1.54) is 11.2 Å². The van der Waals surface area contributed by atoms with Gasteiger partial charge in [0.2, 0.25) is 5.91 Å². The lowest BCUT2D eigenvalue weighted by molar-refractivity contribution is -0.128. The maximum absolute atomic E-state index is 12.6. The lowest BCUT2D eigenvalue weighted by atomic mass is 10.0. The van der Waals surface area contributed by atoms with Crippen molar-refractivity contribution in [3.63, 3.8) is 0 Å². The summed E-state index contributed by atoms with van der Waals surface area (Å²) in [6, 6.07) is 10.5. The van der Waals surface area contributed by atoms with Crippen molar-refractivity contribution in [2.45, 2.75) is 31.9 Å². The molecule has 1 fully saturated rings. The monoisotopic (exact) mass is 397 g/mol. The number of nitrogens with one attached hydrogen (secondary N) is 1. The number of carbonyl (C=O) groups excluding carboxylic acids is 3. The summed E-state index contributed by atoms with van der Waals surface area (Å²) in [6.07, 6.45) is 2.16. The zero-order valence-electron chi connectivity index (χ0n) is 16.2. The van der Waals surface area contributed by atoms with Crippen LogP contribution in [-0.4, -0.2) is 54.4 Å². The summed E-state index contributed by atoms with van der Waals surface area (Å²) in [6.45, 7) is 2.70. The molecule has 152 valence electrons. The highest BCUT2D eigenvalue weighted by atomic mass is 16.5. The number of para-hydroxylation sites is 2. The molecule has 1 N–H and O–H groups in total. The summed E-state index contributed by atoms with van der Waals surface area (Å²) >= 11 is 0. The van der Waals surface area contributed by atoms with Gasteiger partial charge >= 0.3 is 0 Å². The minimum absolute atomic E-state index is 0.0352. The van der Waals surface area contributed by atoms with Gasteiger partial charge in [0.25, 0.3) is 11.8 Å². The third-order valence-corrected chi connectivity index (χ3v) is 5.25. The number of fused-ring (bicyclic) bond motifs is 1. The molecule has 4 rings (SSSR count). The molecule has 0 spiro atoms. The highest BCUT2D eigenvalue weighted by Crippen LogP contribution is 2.33. The molecule has 0 aliphatic carbocycles. The number of ether oxygens (including phenoxy) is 1. The molecule has 8 nitrogen and oxygen atoms in total. The van der Waals surface area contributed by atoms with Gasteiger partial charge in [-0.2, -0.15) is 0 Å². The first-order valence-electron chi connectivity index (χ1n) is 9.72. The number of benzene rings is 1. The Hall–Kier alpha value is -3.29. The molecule has 3 amide bonds. The predicted octanol–water partition coefficient (Wildman–Crippen LogP) is 1.81. The molecule has 1 aromatic heterocycles. The number of hydrogen-bond acceptors (Lipinski definition) is 5. The molecule has 1 saturated heterocycles. The van der Waals surface area contributed by atoms with E-state index >= 15 is 0 Å². The number of piperidine rings is 1. The van der Waals surface area contributed by atoms with Gasteiger partial charge in [0.05, 0.1) is 12.0 Å². The second kappa shape index (κ2) is 7.98. The van der Waals surface area contributed by atoms with Crippen molar-refractivity contribution >= 4 is 23.4 Å². The average molecular weight is 397 g/mol. The second-order valence-corrected chi connectivity index (χ2v) is 7.26. The zero-order chi connectivity index (χ0) is 20.4. The molecule has 8 heteroatoms. The summed E-state index contributed by atoms with van der Waals surface area (Å²) in [5.74, 6) is 0.323. The van der Waals surface area contributed by atoms with Crippen molar-refractivity contribution in [3.05, 3.63) is 48.4 Å². The Bertz CT molecular complexity index is 903. The van der Waals surface area contributed by atoms with E-state index in [-0.39, 0.29) is 30.3 Å². The van der Waals surface area contributed by atoms with E-state index in [1.54, 1.807) is 36.1 Å². The van der Waals surface area contributed by atoms with Crippen LogP contribution < -0.4 is 15.0 Å². The molecule has 2 aliphatic heterocycles. The van der Waals surface area contributed by atoms with E-state index in [0.29, 0.717) is 43.1 Å². The number of likely N-dealkylation sites (tertiary alicyclic amines) is 1. The van der Waals surface area contributed by atoms with Crippen molar-refractivity contribution in [3.8, 4) is 5.75 Å². The maximum Gasteiger partial charge on any atom is 0.289 e. The van der Waals surface area contributed by atoms with Gasteiger partial charge in [0.15, 0.2) is 11.9 Å². The van der Waals surface area contributed by atoms with Crippen LogP contribution in [0.5, 0.6) is 5.75 Å². The van der Waals surface area contributed by atoms with Crippen molar-refractivity contribution < 1.29 is 23.5 Å². The summed E-state index contributed by atoms with van der Waals surface area (Å²) in [5.41, 5.74) is 0.601. The van der Waals surface area contributed by atoms with E-state index in [1.807, 2.05) is 12.1 Å². The van der Waals surface area contributed by atoms with Crippen LogP contribution in [0.25, 0.3) is 0 Å². The van der Waals surface area contributed by atoms with Crippen molar-refractivity contribution in [1.29, 1.82) is 0 Å². The van der Waals surface area contributed by atoms with Crippen LogP contribution in [0.2, 0.25) is 0 Å². The van der Waals surface area contributed by atoms with Gasteiger partial charge in [-0.3, -0.25) is 19.3 Å². The summed E-state index contributed by atoms with van der Waals surface area (Å²) in [7, 11) is 0. The number of anilines is 1. The van der Waals surface area contributed by atoms with E-state index in [2.05, 4.69) is 5.32 Å². The Kier molecular flexibility index (Phi) is 5.24. The number of rotatable bonds is 4. The molecule has 1 atom stereocenters. The summed E-state index contributed by atoms with van der Waals surface area (Å²) in [5, 5.41) is 2.99.